The van der Waals surface area contributed by atoms with E-state index < -0.39 is 6.04 Å². The number of imidazole rings is 1. The lowest BCUT2D eigenvalue weighted by atomic mass is 10.0. The van der Waals surface area contributed by atoms with Gasteiger partial charge in [0.25, 0.3) is 5.91 Å². The van der Waals surface area contributed by atoms with Gasteiger partial charge in [0, 0.05) is 6.42 Å². The molecule has 0 aliphatic carbocycles. The van der Waals surface area contributed by atoms with Crippen LogP contribution in [0.3, 0.4) is 0 Å². The zero-order chi connectivity index (χ0) is 17.4. The first-order valence-corrected chi connectivity index (χ1v) is 8.22. The lowest BCUT2D eigenvalue weighted by molar-refractivity contribution is -0.126. The number of nitrogens with one attached hydrogen (secondary N) is 2. The summed E-state index contributed by atoms with van der Waals surface area (Å²) in [5.74, 6) is 0.387. The summed E-state index contributed by atoms with van der Waals surface area (Å²) in [4.78, 5) is 33.7. The molecular formula is C19H18N4O2. The summed E-state index contributed by atoms with van der Waals surface area (Å²) < 4.78 is 0. The third-order valence-electron chi connectivity index (χ3n) is 4.43. The van der Waals surface area contributed by atoms with Gasteiger partial charge < -0.3 is 10.3 Å². The highest BCUT2D eigenvalue weighted by Gasteiger charge is 2.37. The molecule has 1 saturated heterocycles. The quantitative estimate of drug-likeness (QED) is 0.720. The van der Waals surface area contributed by atoms with Crippen molar-refractivity contribution in [3.05, 3.63) is 65.5 Å². The Morgan fingerprint density at radius 1 is 1.16 bits per heavy atom. The first-order chi connectivity index (χ1) is 12.1. The van der Waals surface area contributed by atoms with Crippen LogP contribution in [0.1, 0.15) is 23.0 Å². The number of benzene rings is 2. The van der Waals surface area contributed by atoms with Crippen molar-refractivity contribution in [3.63, 3.8) is 0 Å². The van der Waals surface area contributed by atoms with Gasteiger partial charge >= 0.3 is 6.03 Å². The van der Waals surface area contributed by atoms with E-state index >= 15 is 0 Å². The maximum atomic E-state index is 12.3. The van der Waals surface area contributed by atoms with E-state index in [2.05, 4.69) is 15.3 Å². The first-order valence-electron chi connectivity index (χ1n) is 8.22. The third kappa shape index (κ3) is 2.87. The van der Waals surface area contributed by atoms with Crippen LogP contribution in [-0.4, -0.2) is 33.4 Å². The zero-order valence-electron chi connectivity index (χ0n) is 13.8. The summed E-state index contributed by atoms with van der Waals surface area (Å²) in [6.07, 6.45) is 0.513. The molecule has 2 heterocycles. The van der Waals surface area contributed by atoms with E-state index in [0.717, 1.165) is 22.2 Å². The molecule has 2 aromatic carbocycles. The topological polar surface area (TPSA) is 78.1 Å². The minimum atomic E-state index is -0.467. The SMILES string of the molecule is Cc1ccc2nc([C@H](Cc3ccccc3)N3C(=O)CNC3=O)[nH]c2c1. The first kappa shape index (κ1) is 15.4. The highest BCUT2D eigenvalue weighted by Crippen LogP contribution is 2.27. The van der Waals surface area contributed by atoms with Gasteiger partial charge in [0.15, 0.2) is 0 Å². The standard InChI is InChI=1S/C19H18N4O2/c1-12-7-8-14-15(9-12)22-18(21-14)16(10-13-5-3-2-4-6-13)23-17(24)11-20-19(23)25/h2-9,16H,10-11H2,1H3,(H,20,25)(H,21,22)/t16-/m0/s1. The fourth-order valence-electron chi connectivity index (χ4n) is 3.20. The van der Waals surface area contributed by atoms with E-state index in [4.69, 9.17) is 0 Å². The Hall–Kier alpha value is -3.15. The summed E-state index contributed by atoms with van der Waals surface area (Å²) in [7, 11) is 0. The Labute approximate surface area is 144 Å². The molecule has 6 nitrogen and oxygen atoms in total. The van der Waals surface area contributed by atoms with Gasteiger partial charge in [0.2, 0.25) is 0 Å². The van der Waals surface area contributed by atoms with Gasteiger partial charge in [-0.2, -0.15) is 0 Å². The van der Waals surface area contributed by atoms with Gasteiger partial charge in [0.1, 0.15) is 11.9 Å². The Morgan fingerprint density at radius 2 is 1.96 bits per heavy atom. The van der Waals surface area contributed by atoms with Crippen molar-refractivity contribution in [1.82, 2.24) is 20.2 Å². The van der Waals surface area contributed by atoms with E-state index in [-0.39, 0.29) is 18.5 Å². The van der Waals surface area contributed by atoms with Gasteiger partial charge in [-0.1, -0.05) is 36.4 Å². The molecule has 0 bridgehead atoms. The summed E-state index contributed by atoms with van der Waals surface area (Å²) >= 11 is 0. The number of aryl methyl sites for hydroxylation is 1. The van der Waals surface area contributed by atoms with Crippen molar-refractivity contribution in [3.8, 4) is 0 Å². The lowest BCUT2D eigenvalue weighted by Gasteiger charge is -2.23. The number of aromatic nitrogens is 2. The molecule has 0 radical (unpaired) electrons. The molecule has 1 atom stereocenters. The maximum absolute atomic E-state index is 12.3. The molecule has 1 aromatic heterocycles. The van der Waals surface area contributed by atoms with Gasteiger partial charge in [-0.05, 0) is 30.2 Å². The number of H-pyrrole nitrogens is 1. The van der Waals surface area contributed by atoms with Crippen LogP contribution in [0, 0.1) is 6.92 Å². The van der Waals surface area contributed by atoms with E-state index in [1.165, 1.54) is 4.90 Å². The molecular weight excluding hydrogens is 316 g/mol. The second-order valence-corrected chi connectivity index (χ2v) is 6.27. The number of imide groups is 1. The number of nitrogens with zero attached hydrogens (tertiary/aromatic N) is 2. The van der Waals surface area contributed by atoms with Crippen molar-refractivity contribution >= 4 is 23.0 Å². The van der Waals surface area contributed by atoms with Crippen LogP contribution in [0.5, 0.6) is 0 Å². The number of urea groups is 1. The molecule has 126 valence electrons. The van der Waals surface area contributed by atoms with Crippen LogP contribution in [-0.2, 0) is 11.2 Å². The van der Waals surface area contributed by atoms with Crippen molar-refractivity contribution in [1.29, 1.82) is 0 Å². The molecule has 1 fully saturated rings. The molecule has 3 aromatic rings. The number of rotatable bonds is 4. The lowest BCUT2D eigenvalue weighted by Crippen LogP contribution is -2.36. The minimum absolute atomic E-state index is 0.0312. The van der Waals surface area contributed by atoms with E-state index in [0.29, 0.717) is 12.2 Å². The predicted octanol–water partition coefficient (Wildman–Crippen LogP) is 2.71. The number of hydrogen-bond acceptors (Lipinski definition) is 3. The van der Waals surface area contributed by atoms with Crippen LogP contribution in [0.2, 0.25) is 0 Å². The van der Waals surface area contributed by atoms with Crippen LogP contribution in [0.4, 0.5) is 4.79 Å². The van der Waals surface area contributed by atoms with Crippen molar-refractivity contribution in [2.24, 2.45) is 0 Å². The van der Waals surface area contributed by atoms with Gasteiger partial charge in [0.05, 0.1) is 17.6 Å². The van der Waals surface area contributed by atoms with Gasteiger partial charge in [-0.25, -0.2) is 9.78 Å². The van der Waals surface area contributed by atoms with Crippen LogP contribution >= 0.6 is 0 Å². The smallest absolute Gasteiger partial charge is 0.325 e. The number of amides is 3. The van der Waals surface area contributed by atoms with Gasteiger partial charge in [-0.15, -0.1) is 0 Å². The van der Waals surface area contributed by atoms with E-state index in [1.54, 1.807) is 0 Å². The van der Waals surface area contributed by atoms with E-state index in [9.17, 15) is 9.59 Å². The fourth-order valence-corrected chi connectivity index (χ4v) is 3.20. The summed E-state index contributed by atoms with van der Waals surface area (Å²) in [6.45, 7) is 2.04. The molecule has 6 heteroatoms. The third-order valence-corrected chi connectivity index (χ3v) is 4.43. The predicted molar refractivity (Wildman–Crippen MR) is 94.0 cm³/mol. The Kier molecular flexibility index (Phi) is 3.72. The minimum Gasteiger partial charge on any atom is -0.340 e. The monoisotopic (exact) mass is 334 g/mol. The average molecular weight is 334 g/mol. The second kappa shape index (κ2) is 6.05. The molecule has 1 aliphatic heterocycles. The molecule has 0 unspecified atom stereocenters. The summed E-state index contributed by atoms with van der Waals surface area (Å²) in [6, 6.07) is 14.9. The number of aromatic amines is 1. The fraction of sp³-hybridized carbons (Fsp3) is 0.211. The van der Waals surface area contributed by atoms with Crippen molar-refractivity contribution in [2.45, 2.75) is 19.4 Å². The summed E-state index contributed by atoms with van der Waals surface area (Å²) in [5, 5.41) is 2.59. The number of carbonyl (C=O) groups excluding carboxylic acids is 2. The average Bonchev–Trinajstić information content (AvgIpc) is 3.17. The molecule has 0 spiro atoms. The summed E-state index contributed by atoms with van der Waals surface area (Å²) in [5.41, 5.74) is 3.89. The van der Waals surface area contributed by atoms with E-state index in [1.807, 2.05) is 55.5 Å². The highest BCUT2D eigenvalue weighted by atomic mass is 16.2. The zero-order valence-corrected chi connectivity index (χ0v) is 13.8. The van der Waals surface area contributed by atoms with Crippen LogP contribution < -0.4 is 5.32 Å². The van der Waals surface area contributed by atoms with Crippen LogP contribution in [0.25, 0.3) is 11.0 Å². The number of carbonyl (C=O) groups is 2. The molecule has 4 rings (SSSR count). The molecule has 3 amide bonds. The molecule has 0 saturated carbocycles. The Morgan fingerprint density at radius 3 is 2.68 bits per heavy atom. The number of fused-ring (bicyclic) bond motifs is 1. The van der Waals surface area contributed by atoms with Crippen LogP contribution in [0.15, 0.2) is 48.5 Å². The maximum Gasteiger partial charge on any atom is 0.325 e. The molecule has 25 heavy (non-hydrogen) atoms. The Bertz CT molecular complexity index is 932. The highest BCUT2D eigenvalue weighted by molar-refractivity contribution is 6.02. The second-order valence-electron chi connectivity index (χ2n) is 6.27. The Balaban J connectivity index is 1.78. The van der Waals surface area contributed by atoms with Crippen molar-refractivity contribution in [2.75, 3.05) is 6.54 Å². The molecule has 1 aliphatic rings. The largest absolute Gasteiger partial charge is 0.340 e. The number of hydrogen-bond donors (Lipinski definition) is 2. The normalized spacial score (nSPS) is 15.6. The van der Waals surface area contributed by atoms with Gasteiger partial charge in [-0.3, -0.25) is 9.69 Å². The molecule has 2 N–H and O–H groups in total. The van der Waals surface area contributed by atoms with Crippen molar-refractivity contribution < 1.29 is 9.59 Å².